The van der Waals surface area contributed by atoms with Crippen LogP contribution in [-0.2, 0) is 85.5 Å². The molecule has 5 saturated heterocycles. The standard InChI is InChI=1S/C62H108O31/c1-12-14-18-22-36(23-20-17-15-16-19-21-35(65)24-39(66)80-11)86-61-52(45(72)42(69)38(88-61)26-81-58-47(74)43(70)40(67)32(8)83-58)93-62-53(44(71)41(68)37(25-63)87-62)92-60-54(90-55(77)27(3)13-2)49(76)51(34(10)85-60)91-59-48(75)46(73)50(33(9)84-59)89-57(79)29(5)31(7)82-56(78)28(4)30(6)64/h27-38,40-54,58-65,67-76H,12-26H2,1-11H3/t27-,28+,29+,30+,31+,32-,33+,34-,35-,36-,37+,38+,40-,41+,42+,43+,44-,45-,46+,47+,48+,49+,50+,51-,52+,53+,54+,58+,59-,60-,61+,62-/m0/s1. The summed E-state index contributed by atoms with van der Waals surface area (Å²) in [6, 6.07) is 0. The lowest BCUT2D eigenvalue weighted by Crippen LogP contribution is -2.68. The van der Waals surface area contributed by atoms with Crippen LogP contribution in [0, 0.1) is 17.8 Å². The maximum atomic E-state index is 13.7. The average Bonchev–Trinajstić information content (AvgIpc) is 0.784. The number of hydrogen-bond donors (Lipinski definition) is 13. The molecule has 5 rings (SSSR count). The van der Waals surface area contributed by atoms with Crippen LogP contribution in [0.5, 0.6) is 0 Å². The highest BCUT2D eigenvalue weighted by atomic mass is 16.8. The van der Waals surface area contributed by atoms with Gasteiger partial charge in [0.05, 0.1) is 81.1 Å². The van der Waals surface area contributed by atoms with E-state index in [1.54, 1.807) is 6.92 Å². The molecule has 0 aromatic carbocycles. The lowest BCUT2D eigenvalue weighted by atomic mass is 9.95. The number of aliphatic hydroxyl groups excluding tert-OH is 13. The molecule has 32 atom stereocenters. The van der Waals surface area contributed by atoms with Gasteiger partial charge >= 0.3 is 23.9 Å². The summed E-state index contributed by atoms with van der Waals surface area (Å²) >= 11 is 0. The second-order valence-electron chi connectivity index (χ2n) is 25.5. The summed E-state index contributed by atoms with van der Waals surface area (Å²) in [6.45, 7) is 13.6. The lowest BCUT2D eigenvalue weighted by Gasteiger charge is -2.50. The number of esters is 4. The molecule has 0 aliphatic carbocycles. The van der Waals surface area contributed by atoms with Gasteiger partial charge in [-0.3, -0.25) is 19.2 Å². The van der Waals surface area contributed by atoms with E-state index in [1.165, 1.54) is 62.5 Å². The fourth-order valence-electron chi connectivity index (χ4n) is 11.3. The first kappa shape index (κ1) is 80.6. The van der Waals surface area contributed by atoms with Gasteiger partial charge in [-0.05, 0) is 74.1 Å². The number of unbranched alkanes of at least 4 members (excludes halogenated alkanes) is 6. The molecule has 5 aliphatic rings. The monoisotopic (exact) mass is 1350 g/mol. The van der Waals surface area contributed by atoms with Crippen molar-refractivity contribution in [3.05, 3.63) is 0 Å². The van der Waals surface area contributed by atoms with E-state index in [0.717, 1.165) is 32.1 Å². The minimum Gasteiger partial charge on any atom is -0.469 e. The SMILES string of the molecule is CCCCC[C@@H](CCCCCCC[C@H](O)CC(=O)OC)O[C@@H]1O[C@H](CO[C@@H]2O[C@@H](C)[C@H](O)[C@@H](O)[C@H]2O)[C@@H](O)[C@H](O)[C@H]1O[C@@H]1O[C@H](CO)[C@@H](O)[C@H](O)[C@H]1O[C@@H]1O[C@@H](C)[C@H](O[C@@H]2O[C@H](C)[C@@H](OC(=O)[C@H](C)[C@@H](C)OC(=O)[C@H](C)[C@@H](C)O)[C@H](O)[C@H]2O)[C@@H](O)[C@H]1OC(=O)[C@@H](C)CC. The van der Waals surface area contributed by atoms with E-state index in [-0.39, 0.29) is 12.8 Å². The Bertz CT molecular complexity index is 2220. The van der Waals surface area contributed by atoms with Crippen molar-refractivity contribution in [1.29, 1.82) is 0 Å². The molecule has 0 aromatic heterocycles. The molecule has 542 valence electrons. The first-order valence-electron chi connectivity index (χ1n) is 32.9. The number of aliphatic hydroxyl groups is 13. The molecule has 0 aromatic rings. The third-order valence-corrected chi connectivity index (χ3v) is 18.2. The Labute approximate surface area is 543 Å². The third kappa shape index (κ3) is 22.0. The molecule has 13 N–H and O–H groups in total. The summed E-state index contributed by atoms with van der Waals surface area (Å²) in [7, 11) is 1.25. The molecule has 0 amide bonds. The number of carbonyl (C=O) groups is 4. The molecule has 0 radical (unpaired) electrons. The zero-order valence-corrected chi connectivity index (χ0v) is 55.2. The summed E-state index contributed by atoms with van der Waals surface area (Å²) in [6.07, 6.45) is -39.0. The molecule has 93 heavy (non-hydrogen) atoms. The highest BCUT2D eigenvalue weighted by molar-refractivity contribution is 5.76. The molecule has 0 bridgehead atoms. The first-order valence-corrected chi connectivity index (χ1v) is 32.9. The van der Waals surface area contributed by atoms with Crippen molar-refractivity contribution >= 4 is 23.9 Å². The zero-order valence-electron chi connectivity index (χ0n) is 55.2. The van der Waals surface area contributed by atoms with E-state index in [1.807, 2.05) is 6.92 Å². The van der Waals surface area contributed by atoms with Gasteiger partial charge in [0, 0.05) is 0 Å². The van der Waals surface area contributed by atoms with Crippen LogP contribution < -0.4 is 0 Å². The predicted molar refractivity (Wildman–Crippen MR) is 317 cm³/mol. The summed E-state index contributed by atoms with van der Waals surface area (Å²) in [5.41, 5.74) is 0. The van der Waals surface area contributed by atoms with Gasteiger partial charge in [-0.15, -0.1) is 0 Å². The molecule has 0 saturated carbocycles. The smallest absolute Gasteiger partial charge is 0.312 e. The van der Waals surface area contributed by atoms with Crippen LogP contribution in [0.3, 0.4) is 0 Å². The van der Waals surface area contributed by atoms with Crippen molar-refractivity contribution in [3.63, 3.8) is 0 Å². The molecule has 31 heteroatoms. The second-order valence-corrected chi connectivity index (χ2v) is 25.5. The highest BCUT2D eigenvalue weighted by Crippen LogP contribution is 2.38. The molecule has 5 aliphatic heterocycles. The molecule has 0 spiro atoms. The van der Waals surface area contributed by atoms with Gasteiger partial charge < -0.3 is 133 Å². The topological polar surface area (TPSA) is 460 Å². The quantitative estimate of drug-likeness (QED) is 0.0195. The van der Waals surface area contributed by atoms with Crippen LogP contribution in [0.25, 0.3) is 0 Å². The van der Waals surface area contributed by atoms with Gasteiger partial charge in [0.2, 0.25) is 0 Å². The van der Waals surface area contributed by atoms with Gasteiger partial charge in [0.1, 0.15) is 97.7 Å². The Morgan fingerprint density at radius 2 is 0.978 bits per heavy atom. The van der Waals surface area contributed by atoms with Crippen LogP contribution in [0.2, 0.25) is 0 Å². The van der Waals surface area contributed by atoms with Crippen LogP contribution in [-0.4, -0.2) is 289 Å². The van der Waals surface area contributed by atoms with Crippen molar-refractivity contribution < 1.29 is 152 Å². The van der Waals surface area contributed by atoms with E-state index < -0.39 is 233 Å². The zero-order chi connectivity index (χ0) is 69.3. The first-order chi connectivity index (χ1) is 43.9. The molecule has 5 fully saturated rings. The predicted octanol–water partition coefficient (Wildman–Crippen LogP) is -1.48. The van der Waals surface area contributed by atoms with Crippen LogP contribution in [0.15, 0.2) is 0 Å². The molecule has 0 unspecified atom stereocenters. The van der Waals surface area contributed by atoms with E-state index in [9.17, 15) is 85.6 Å². The average molecular weight is 1350 g/mol. The summed E-state index contributed by atoms with van der Waals surface area (Å²) in [5.74, 6) is -5.86. The van der Waals surface area contributed by atoms with E-state index in [2.05, 4.69) is 4.74 Å². The molecule has 31 nitrogen and oxygen atoms in total. The van der Waals surface area contributed by atoms with Crippen molar-refractivity contribution in [1.82, 2.24) is 0 Å². The van der Waals surface area contributed by atoms with Gasteiger partial charge in [0.15, 0.2) is 43.7 Å². The third-order valence-electron chi connectivity index (χ3n) is 18.2. The Hall–Kier alpha value is -3.04. The van der Waals surface area contributed by atoms with Crippen molar-refractivity contribution in [2.75, 3.05) is 20.3 Å². The van der Waals surface area contributed by atoms with Crippen molar-refractivity contribution in [2.24, 2.45) is 17.8 Å². The summed E-state index contributed by atoms with van der Waals surface area (Å²) in [4.78, 5) is 51.2. The van der Waals surface area contributed by atoms with Crippen molar-refractivity contribution in [3.8, 4) is 0 Å². The van der Waals surface area contributed by atoms with E-state index in [4.69, 9.17) is 61.6 Å². The van der Waals surface area contributed by atoms with Gasteiger partial charge in [-0.1, -0.05) is 72.1 Å². The van der Waals surface area contributed by atoms with Gasteiger partial charge in [-0.2, -0.15) is 0 Å². The Kier molecular flexibility index (Phi) is 33.3. The van der Waals surface area contributed by atoms with E-state index >= 15 is 0 Å². The van der Waals surface area contributed by atoms with Crippen molar-refractivity contribution in [2.45, 2.75) is 331 Å². The summed E-state index contributed by atoms with van der Waals surface area (Å²) in [5, 5.41) is 145. The van der Waals surface area contributed by atoms with Gasteiger partial charge in [0.25, 0.3) is 0 Å². The van der Waals surface area contributed by atoms with Gasteiger partial charge in [-0.25, -0.2) is 0 Å². The Balaban J connectivity index is 1.40. The number of rotatable bonds is 35. The molecular weight excluding hydrogens is 1240 g/mol. The number of carbonyl (C=O) groups excluding carboxylic acids is 4. The summed E-state index contributed by atoms with van der Waals surface area (Å²) < 4.78 is 83.1. The number of hydrogen-bond acceptors (Lipinski definition) is 31. The molecule has 5 heterocycles. The molecular formula is C62H108O31. The maximum absolute atomic E-state index is 13.7. The minimum atomic E-state index is -2.07. The fraction of sp³-hybridized carbons (Fsp3) is 0.935. The normalized spacial score (nSPS) is 38.9. The van der Waals surface area contributed by atoms with Crippen LogP contribution >= 0.6 is 0 Å². The number of ether oxygens (including phenoxy) is 14. The van der Waals surface area contributed by atoms with Crippen LogP contribution in [0.1, 0.15) is 153 Å². The largest absolute Gasteiger partial charge is 0.469 e. The Morgan fingerprint density at radius 1 is 0.473 bits per heavy atom. The number of methoxy groups -OCH3 is 1. The highest BCUT2D eigenvalue weighted by Gasteiger charge is 2.57. The fourth-order valence-corrected chi connectivity index (χ4v) is 11.3. The second kappa shape index (κ2) is 38.4. The minimum absolute atomic E-state index is 0.109. The maximum Gasteiger partial charge on any atom is 0.312 e. The van der Waals surface area contributed by atoms with E-state index in [0.29, 0.717) is 38.5 Å². The van der Waals surface area contributed by atoms with Crippen LogP contribution in [0.4, 0.5) is 0 Å². The Morgan fingerprint density at radius 3 is 1.58 bits per heavy atom. The lowest BCUT2D eigenvalue weighted by molar-refractivity contribution is -0.401.